The standard InChI is InChI=1S/C9H12N2O5/c1-2-5-16-9(15)11-6(8(13)14)3-4-7(10)12/h1,6H,3-5H2,(H2,10,12)(H,11,15)(H,13,14)/t6-/m0/s1. The summed E-state index contributed by atoms with van der Waals surface area (Å²) in [7, 11) is 0. The highest BCUT2D eigenvalue weighted by Crippen LogP contribution is 1.97. The third-order valence-corrected chi connectivity index (χ3v) is 1.56. The molecule has 0 unspecified atom stereocenters. The van der Waals surface area contributed by atoms with Gasteiger partial charge in [0, 0.05) is 6.42 Å². The summed E-state index contributed by atoms with van der Waals surface area (Å²) in [6.07, 6.45) is 3.64. The molecule has 16 heavy (non-hydrogen) atoms. The van der Waals surface area contributed by atoms with Crippen LogP contribution in [0.5, 0.6) is 0 Å². The van der Waals surface area contributed by atoms with Gasteiger partial charge in [-0.3, -0.25) is 4.79 Å². The zero-order chi connectivity index (χ0) is 12.6. The molecule has 0 bridgehead atoms. The second-order valence-corrected chi connectivity index (χ2v) is 2.82. The normalized spacial score (nSPS) is 10.9. The van der Waals surface area contributed by atoms with E-state index in [1.54, 1.807) is 0 Å². The smallest absolute Gasteiger partial charge is 0.408 e. The van der Waals surface area contributed by atoms with Crippen molar-refractivity contribution in [1.29, 1.82) is 0 Å². The van der Waals surface area contributed by atoms with E-state index in [2.05, 4.69) is 4.74 Å². The van der Waals surface area contributed by atoms with Crippen molar-refractivity contribution in [2.75, 3.05) is 6.61 Å². The average molecular weight is 228 g/mol. The molecule has 0 fully saturated rings. The number of alkyl carbamates (subject to hydrolysis) is 1. The highest BCUT2D eigenvalue weighted by Gasteiger charge is 2.20. The second kappa shape index (κ2) is 7.11. The van der Waals surface area contributed by atoms with E-state index in [-0.39, 0.29) is 19.4 Å². The molecule has 88 valence electrons. The highest BCUT2D eigenvalue weighted by molar-refractivity contribution is 5.81. The topological polar surface area (TPSA) is 119 Å². The van der Waals surface area contributed by atoms with Crippen LogP contribution in [0, 0.1) is 12.3 Å². The largest absolute Gasteiger partial charge is 0.480 e. The van der Waals surface area contributed by atoms with Crippen LogP contribution in [0.2, 0.25) is 0 Å². The van der Waals surface area contributed by atoms with Crippen LogP contribution in [0.3, 0.4) is 0 Å². The van der Waals surface area contributed by atoms with Gasteiger partial charge in [0.15, 0.2) is 6.61 Å². The number of primary amides is 1. The number of carboxylic acids is 1. The Morgan fingerprint density at radius 3 is 2.56 bits per heavy atom. The summed E-state index contributed by atoms with van der Waals surface area (Å²) in [5.41, 5.74) is 4.85. The second-order valence-electron chi connectivity index (χ2n) is 2.82. The summed E-state index contributed by atoms with van der Waals surface area (Å²) in [6.45, 7) is -0.256. The fourth-order valence-electron chi connectivity index (χ4n) is 0.835. The number of aliphatic carboxylic acids is 1. The molecule has 0 aliphatic rings. The van der Waals surface area contributed by atoms with E-state index in [4.69, 9.17) is 17.3 Å². The van der Waals surface area contributed by atoms with Gasteiger partial charge in [-0.15, -0.1) is 6.42 Å². The molecule has 0 aromatic heterocycles. The first-order chi connectivity index (χ1) is 7.47. The summed E-state index contributed by atoms with van der Waals surface area (Å²) in [5, 5.41) is 10.7. The summed E-state index contributed by atoms with van der Waals surface area (Å²) in [4.78, 5) is 32.1. The predicted molar refractivity (Wildman–Crippen MR) is 53.2 cm³/mol. The van der Waals surface area contributed by atoms with Gasteiger partial charge in [-0.05, 0) is 6.42 Å². The number of hydrogen-bond donors (Lipinski definition) is 3. The Balaban J connectivity index is 4.13. The van der Waals surface area contributed by atoms with Crippen molar-refractivity contribution in [1.82, 2.24) is 5.32 Å². The number of rotatable bonds is 6. The molecular weight excluding hydrogens is 216 g/mol. The van der Waals surface area contributed by atoms with Crippen LogP contribution in [-0.2, 0) is 14.3 Å². The van der Waals surface area contributed by atoms with Gasteiger partial charge in [0.05, 0.1) is 0 Å². The van der Waals surface area contributed by atoms with Gasteiger partial charge in [-0.1, -0.05) is 5.92 Å². The first-order valence-electron chi connectivity index (χ1n) is 4.35. The van der Waals surface area contributed by atoms with Crippen molar-refractivity contribution in [3.8, 4) is 12.3 Å². The van der Waals surface area contributed by atoms with E-state index in [0.717, 1.165) is 0 Å². The monoisotopic (exact) mass is 228 g/mol. The quantitative estimate of drug-likeness (QED) is 0.507. The SMILES string of the molecule is C#CCOC(=O)N[C@@H](CCC(N)=O)C(=O)O. The van der Waals surface area contributed by atoms with Gasteiger partial charge in [0.25, 0.3) is 0 Å². The van der Waals surface area contributed by atoms with E-state index in [0.29, 0.717) is 0 Å². The third kappa shape index (κ3) is 6.26. The van der Waals surface area contributed by atoms with Crippen molar-refractivity contribution < 1.29 is 24.2 Å². The van der Waals surface area contributed by atoms with E-state index >= 15 is 0 Å². The molecule has 1 atom stereocenters. The van der Waals surface area contributed by atoms with Crippen molar-refractivity contribution in [2.45, 2.75) is 18.9 Å². The fraction of sp³-hybridized carbons (Fsp3) is 0.444. The number of ether oxygens (including phenoxy) is 1. The first kappa shape index (κ1) is 13.8. The Bertz CT molecular complexity index is 320. The molecule has 0 rings (SSSR count). The fourth-order valence-corrected chi connectivity index (χ4v) is 0.835. The van der Waals surface area contributed by atoms with Gasteiger partial charge in [-0.25, -0.2) is 9.59 Å². The number of carbonyl (C=O) groups is 3. The minimum Gasteiger partial charge on any atom is -0.480 e. The van der Waals surface area contributed by atoms with Gasteiger partial charge in [0.2, 0.25) is 5.91 Å². The molecule has 0 aliphatic heterocycles. The van der Waals surface area contributed by atoms with Crippen LogP contribution < -0.4 is 11.1 Å². The zero-order valence-electron chi connectivity index (χ0n) is 8.43. The van der Waals surface area contributed by atoms with Crippen LogP contribution in [0.4, 0.5) is 4.79 Å². The zero-order valence-corrected chi connectivity index (χ0v) is 8.43. The predicted octanol–water partition coefficient (Wildman–Crippen LogP) is -0.935. The van der Waals surface area contributed by atoms with Gasteiger partial charge >= 0.3 is 12.1 Å². The minimum absolute atomic E-state index is 0.101. The summed E-state index contributed by atoms with van der Waals surface area (Å²) in [5.74, 6) is 0.120. The lowest BCUT2D eigenvalue weighted by Crippen LogP contribution is -2.41. The molecule has 7 heteroatoms. The van der Waals surface area contributed by atoms with E-state index in [9.17, 15) is 14.4 Å². The van der Waals surface area contributed by atoms with Crippen molar-refractivity contribution in [3.63, 3.8) is 0 Å². The summed E-state index contributed by atoms with van der Waals surface area (Å²) < 4.78 is 4.41. The number of carbonyl (C=O) groups excluding carboxylic acids is 2. The van der Waals surface area contributed by atoms with Crippen LogP contribution in [-0.4, -0.2) is 35.7 Å². The van der Waals surface area contributed by atoms with Gasteiger partial charge < -0.3 is 20.9 Å². The molecule has 0 saturated carbocycles. The number of hydrogen-bond acceptors (Lipinski definition) is 4. The molecule has 0 radical (unpaired) electrons. The Labute approximate surface area is 91.9 Å². The lowest BCUT2D eigenvalue weighted by Gasteiger charge is -2.12. The van der Waals surface area contributed by atoms with E-state index < -0.39 is 24.0 Å². The number of terminal acetylenes is 1. The van der Waals surface area contributed by atoms with E-state index in [1.807, 2.05) is 11.2 Å². The molecule has 0 aliphatic carbocycles. The van der Waals surface area contributed by atoms with Crippen molar-refractivity contribution >= 4 is 18.0 Å². The Kier molecular flexibility index (Phi) is 6.12. The highest BCUT2D eigenvalue weighted by atomic mass is 16.5. The summed E-state index contributed by atoms with van der Waals surface area (Å²) in [6, 6.07) is -1.22. The number of carboxylic acid groups (broad SMARTS) is 1. The molecular formula is C9H12N2O5. The first-order valence-corrected chi connectivity index (χ1v) is 4.35. The molecule has 0 saturated heterocycles. The molecule has 0 spiro atoms. The maximum absolute atomic E-state index is 11.0. The Morgan fingerprint density at radius 1 is 1.50 bits per heavy atom. The molecule has 0 aromatic carbocycles. The van der Waals surface area contributed by atoms with Crippen LogP contribution >= 0.6 is 0 Å². The number of nitrogens with one attached hydrogen (secondary N) is 1. The molecule has 7 nitrogen and oxygen atoms in total. The van der Waals surface area contributed by atoms with Gasteiger partial charge in [-0.2, -0.15) is 0 Å². The molecule has 2 amide bonds. The average Bonchev–Trinajstić information content (AvgIpc) is 2.20. The Morgan fingerprint density at radius 2 is 2.12 bits per heavy atom. The minimum atomic E-state index is -1.28. The number of amides is 2. The maximum atomic E-state index is 11.0. The molecule has 0 heterocycles. The summed E-state index contributed by atoms with van der Waals surface area (Å²) >= 11 is 0. The van der Waals surface area contributed by atoms with Crippen molar-refractivity contribution in [2.24, 2.45) is 5.73 Å². The van der Waals surface area contributed by atoms with Crippen LogP contribution in [0.25, 0.3) is 0 Å². The van der Waals surface area contributed by atoms with Crippen LogP contribution in [0.15, 0.2) is 0 Å². The Hall–Kier alpha value is -2.23. The molecule has 0 aromatic rings. The van der Waals surface area contributed by atoms with E-state index in [1.165, 1.54) is 0 Å². The maximum Gasteiger partial charge on any atom is 0.408 e. The molecule has 4 N–H and O–H groups in total. The third-order valence-electron chi connectivity index (χ3n) is 1.56. The van der Waals surface area contributed by atoms with Gasteiger partial charge in [0.1, 0.15) is 6.04 Å². The van der Waals surface area contributed by atoms with Crippen molar-refractivity contribution in [3.05, 3.63) is 0 Å². The number of nitrogens with two attached hydrogens (primary N) is 1. The lowest BCUT2D eigenvalue weighted by atomic mass is 10.1. The van der Waals surface area contributed by atoms with Crippen LogP contribution in [0.1, 0.15) is 12.8 Å². The lowest BCUT2D eigenvalue weighted by molar-refractivity contribution is -0.139.